The molecule has 0 saturated carbocycles. The van der Waals surface area contributed by atoms with Crippen LogP contribution in [0.25, 0.3) is 0 Å². The Morgan fingerprint density at radius 1 is 1.50 bits per heavy atom. The number of nitrogens with one attached hydrogen (secondary N) is 2. The van der Waals surface area contributed by atoms with Gasteiger partial charge < -0.3 is 14.7 Å². The normalized spacial score (nSPS) is 19.1. The maximum Gasteiger partial charge on any atom is 0.0711 e. The van der Waals surface area contributed by atoms with Crippen LogP contribution in [0, 0.1) is 5.92 Å². The van der Waals surface area contributed by atoms with Crippen LogP contribution in [-0.4, -0.2) is 36.6 Å². The van der Waals surface area contributed by atoms with E-state index in [1.165, 1.54) is 25.9 Å². The Balaban J connectivity index is 1.55. The van der Waals surface area contributed by atoms with Gasteiger partial charge in [-0.15, -0.1) is 0 Å². The molecule has 4 heteroatoms. The van der Waals surface area contributed by atoms with Gasteiger partial charge in [-0.3, -0.25) is 0 Å². The Morgan fingerprint density at radius 3 is 3.00 bits per heavy atom. The van der Waals surface area contributed by atoms with Gasteiger partial charge in [0.1, 0.15) is 0 Å². The Kier molecular flexibility index (Phi) is 4.39. The number of piperidine rings is 1. The van der Waals surface area contributed by atoms with Crippen molar-refractivity contribution in [2.24, 2.45) is 5.92 Å². The zero-order valence-electron chi connectivity index (χ0n) is 9.91. The minimum absolute atomic E-state index is 0.715. The summed E-state index contributed by atoms with van der Waals surface area (Å²) in [5, 5.41) is 0. The molecule has 2 heterocycles. The molecule has 0 atom stereocenters. The molecule has 1 aromatic rings. The molecule has 1 fully saturated rings. The topological polar surface area (TPSA) is 40.3 Å². The second-order valence-corrected chi connectivity index (χ2v) is 4.57. The van der Waals surface area contributed by atoms with Crippen molar-refractivity contribution < 1.29 is 4.84 Å². The van der Waals surface area contributed by atoms with Crippen LogP contribution in [-0.2, 0) is 11.4 Å². The lowest BCUT2D eigenvalue weighted by Crippen LogP contribution is -2.33. The van der Waals surface area contributed by atoms with E-state index in [0.29, 0.717) is 5.92 Å². The first-order valence-electron chi connectivity index (χ1n) is 6.00. The monoisotopic (exact) mass is 223 g/mol. The molecule has 0 bridgehead atoms. The number of hydrogen-bond donors (Lipinski definition) is 2. The van der Waals surface area contributed by atoms with Gasteiger partial charge in [-0.05, 0) is 51.0 Å². The van der Waals surface area contributed by atoms with Gasteiger partial charge in [-0.2, -0.15) is 5.48 Å². The highest BCUT2D eigenvalue weighted by Gasteiger charge is 2.16. The van der Waals surface area contributed by atoms with E-state index in [2.05, 4.69) is 22.4 Å². The van der Waals surface area contributed by atoms with E-state index in [4.69, 9.17) is 4.84 Å². The Morgan fingerprint density at radius 2 is 2.31 bits per heavy atom. The molecule has 16 heavy (non-hydrogen) atoms. The average Bonchev–Trinajstić information content (AvgIpc) is 2.80. The Hall–Kier alpha value is -0.840. The fourth-order valence-electron chi connectivity index (χ4n) is 2.01. The standard InChI is InChI=1S/C12H21N3O/c1-15-7-4-11(5-8-15)10-16-14-9-12-3-2-6-13-12/h2-3,6,11,13-14H,4-5,7-10H2,1H3. The third kappa shape index (κ3) is 3.63. The van der Waals surface area contributed by atoms with E-state index in [9.17, 15) is 0 Å². The molecule has 0 unspecified atom stereocenters. The van der Waals surface area contributed by atoms with E-state index in [-0.39, 0.29) is 0 Å². The van der Waals surface area contributed by atoms with Crippen LogP contribution in [0.4, 0.5) is 0 Å². The fraction of sp³-hybridized carbons (Fsp3) is 0.667. The lowest BCUT2D eigenvalue weighted by atomic mass is 9.98. The van der Waals surface area contributed by atoms with Gasteiger partial charge in [0.05, 0.1) is 13.2 Å². The SMILES string of the molecule is CN1CCC(CONCc2ccc[nH]2)CC1. The highest BCUT2D eigenvalue weighted by Crippen LogP contribution is 2.15. The van der Waals surface area contributed by atoms with Gasteiger partial charge in [0.25, 0.3) is 0 Å². The van der Waals surface area contributed by atoms with Crippen molar-refractivity contribution in [1.29, 1.82) is 0 Å². The van der Waals surface area contributed by atoms with Gasteiger partial charge in [-0.25, -0.2) is 0 Å². The van der Waals surface area contributed by atoms with E-state index >= 15 is 0 Å². The predicted molar refractivity (Wildman–Crippen MR) is 63.8 cm³/mol. The first-order valence-corrected chi connectivity index (χ1v) is 6.00. The molecule has 2 rings (SSSR count). The summed E-state index contributed by atoms with van der Waals surface area (Å²) in [6.45, 7) is 3.98. The second-order valence-electron chi connectivity index (χ2n) is 4.57. The van der Waals surface area contributed by atoms with E-state index in [0.717, 1.165) is 18.8 Å². The smallest absolute Gasteiger partial charge is 0.0711 e. The molecular formula is C12H21N3O. The molecular weight excluding hydrogens is 202 g/mol. The highest BCUT2D eigenvalue weighted by atomic mass is 16.6. The zero-order chi connectivity index (χ0) is 11.2. The van der Waals surface area contributed by atoms with Crippen LogP contribution in [0.15, 0.2) is 18.3 Å². The quantitative estimate of drug-likeness (QED) is 0.585. The molecule has 90 valence electrons. The molecule has 0 spiro atoms. The first-order chi connectivity index (χ1) is 7.84. The molecule has 1 aromatic heterocycles. The van der Waals surface area contributed by atoms with Crippen LogP contribution >= 0.6 is 0 Å². The second kappa shape index (κ2) is 6.03. The zero-order valence-corrected chi connectivity index (χ0v) is 9.91. The van der Waals surface area contributed by atoms with Crippen LogP contribution in [0.3, 0.4) is 0 Å². The molecule has 0 aliphatic carbocycles. The number of aromatic nitrogens is 1. The summed E-state index contributed by atoms with van der Waals surface area (Å²) in [5.41, 5.74) is 4.16. The molecule has 0 radical (unpaired) electrons. The molecule has 0 amide bonds. The summed E-state index contributed by atoms with van der Waals surface area (Å²) in [7, 11) is 2.18. The van der Waals surface area contributed by atoms with Crippen LogP contribution in [0.5, 0.6) is 0 Å². The van der Waals surface area contributed by atoms with Crippen LogP contribution < -0.4 is 5.48 Å². The lowest BCUT2D eigenvalue weighted by molar-refractivity contribution is -0.000392. The number of rotatable bonds is 5. The van der Waals surface area contributed by atoms with Gasteiger partial charge >= 0.3 is 0 Å². The summed E-state index contributed by atoms with van der Waals surface area (Å²) < 4.78 is 0. The fourth-order valence-corrected chi connectivity index (χ4v) is 2.01. The minimum Gasteiger partial charge on any atom is -0.364 e. The summed E-state index contributed by atoms with van der Waals surface area (Å²) in [5.74, 6) is 0.715. The predicted octanol–water partition coefficient (Wildman–Crippen LogP) is 1.38. The third-order valence-electron chi connectivity index (χ3n) is 3.18. The first kappa shape index (κ1) is 11.6. The van der Waals surface area contributed by atoms with Gasteiger partial charge in [0.15, 0.2) is 0 Å². The molecule has 1 aliphatic heterocycles. The lowest BCUT2D eigenvalue weighted by Gasteiger charge is -2.28. The van der Waals surface area contributed by atoms with E-state index in [1.54, 1.807) is 0 Å². The minimum atomic E-state index is 0.715. The number of hydrogen-bond acceptors (Lipinski definition) is 3. The summed E-state index contributed by atoms with van der Waals surface area (Å²) in [6.07, 6.45) is 4.43. The van der Waals surface area contributed by atoms with Crippen molar-refractivity contribution in [2.45, 2.75) is 19.4 Å². The van der Waals surface area contributed by atoms with Crippen LogP contribution in [0.2, 0.25) is 0 Å². The average molecular weight is 223 g/mol. The number of aromatic amines is 1. The van der Waals surface area contributed by atoms with E-state index < -0.39 is 0 Å². The van der Waals surface area contributed by atoms with Crippen molar-refractivity contribution >= 4 is 0 Å². The van der Waals surface area contributed by atoms with Crippen molar-refractivity contribution in [1.82, 2.24) is 15.4 Å². The van der Waals surface area contributed by atoms with E-state index in [1.807, 2.05) is 18.3 Å². The Labute approximate surface area is 96.9 Å². The van der Waals surface area contributed by atoms with Gasteiger partial charge in [0.2, 0.25) is 0 Å². The third-order valence-corrected chi connectivity index (χ3v) is 3.18. The summed E-state index contributed by atoms with van der Waals surface area (Å²) >= 11 is 0. The maximum absolute atomic E-state index is 5.49. The Bertz CT molecular complexity index is 278. The summed E-state index contributed by atoms with van der Waals surface area (Å²) in [4.78, 5) is 11.0. The molecule has 0 aromatic carbocycles. The van der Waals surface area contributed by atoms with Gasteiger partial charge in [-0.1, -0.05) is 0 Å². The van der Waals surface area contributed by atoms with Gasteiger partial charge in [0, 0.05) is 11.9 Å². The molecule has 1 aliphatic rings. The number of likely N-dealkylation sites (tertiary alicyclic amines) is 1. The highest BCUT2D eigenvalue weighted by molar-refractivity contribution is 5.02. The maximum atomic E-state index is 5.49. The molecule has 4 nitrogen and oxygen atoms in total. The van der Waals surface area contributed by atoms with Crippen molar-refractivity contribution in [3.05, 3.63) is 24.0 Å². The van der Waals surface area contributed by atoms with Crippen molar-refractivity contribution in [2.75, 3.05) is 26.7 Å². The number of H-pyrrole nitrogens is 1. The number of hydroxylamine groups is 1. The molecule has 2 N–H and O–H groups in total. The van der Waals surface area contributed by atoms with Crippen molar-refractivity contribution in [3.8, 4) is 0 Å². The largest absolute Gasteiger partial charge is 0.364 e. The number of nitrogens with zero attached hydrogens (tertiary/aromatic N) is 1. The molecule has 1 saturated heterocycles. The van der Waals surface area contributed by atoms with Crippen LogP contribution in [0.1, 0.15) is 18.5 Å². The van der Waals surface area contributed by atoms with Crippen molar-refractivity contribution in [3.63, 3.8) is 0 Å². The summed E-state index contributed by atoms with van der Waals surface area (Å²) in [6, 6.07) is 4.04.